The van der Waals surface area contributed by atoms with Gasteiger partial charge in [0.15, 0.2) is 0 Å². The number of nitrogen functional groups attached to an aromatic ring is 1. The Morgan fingerprint density at radius 1 is 1.30 bits per heavy atom. The average Bonchev–Trinajstić information content (AvgIpc) is 2.35. The van der Waals surface area contributed by atoms with Crippen molar-refractivity contribution >= 4 is 18.2 Å². The van der Waals surface area contributed by atoms with E-state index in [1.54, 1.807) is 6.20 Å². The van der Waals surface area contributed by atoms with Gasteiger partial charge in [0.25, 0.3) is 5.82 Å². The fourth-order valence-electron chi connectivity index (χ4n) is 1.75. The van der Waals surface area contributed by atoms with Crippen molar-refractivity contribution in [2.24, 2.45) is 0 Å². The minimum Gasteiger partial charge on any atom is -1.00 e. The second-order valence-electron chi connectivity index (χ2n) is 4.24. The van der Waals surface area contributed by atoms with Gasteiger partial charge in [0, 0.05) is 25.6 Å². The number of hydrogen-bond donors (Lipinski definition) is 1. The Labute approximate surface area is 131 Å². The smallest absolute Gasteiger partial charge is 0.295 e. The quantitative estimate of drug-likeness (QED) is 0.696. The molecule has 2 aromatic heterocycles. The van der Waals surface area contributed by atoms with Crippen molar-refractivity contribution < 1.29 is 17.0 Å². The third kappa shape index (κ3) is 4.58. The molecule has 2 aromatic rings. The molecule has 0 aliphatic heterocycles. The molecule has 0 aliphatic rings. The molecule has 0 atom stereocenters. The maximum atomic E-state index is 5.96. The molecule has 110 valence electrons. The summed E-state index contributed by atoms with van der Waals surface area (Å²) in [5.74, 6) is 2.31. The van der Waals surface area contributed by atoms with Crippen LogP contribution in [-0.2, 0) is 13.0 Å². The van der Waals surface area contributed by atoms with Crippen LogP contribution >= 0.6 is 12.4 Å². The Morgan fingerprint density at radius 3 is 2.65 bits per heavy atom. The lowest BCUT2D eigenvalue weighted by Gasteiger charge is -2.06. The number of aromatic nitrogens is 4. The van der Waals surface area contributed by atoms with E-state index in [1.807, 2.05) is 30.0 Å². The summed E-state index contributed by atoms with van der Waals surface area (Å²) in [6, 6.07) is 1.90. The normalized spacial score (nSPS) is 9.50. The van der Waals surface area contributed by atoms with Crippen molar-refractivity contribution in [3.8, 4) is 0 Å². The minimum absolute atomic E-state index is 0. The molecule has 5 nitrogen and oxygen atoms in total. The van der Waals surface area contributed by atoms with Crippen molar-refractivity contribution in [3.63, 3.8) is 0 Å². The van der Waals surface area contributed by atoms with Crippen LogP contribution in [0.15, 0.2) is 24.7 Å². The van der Waals surface area contributed by atoms with Gasteiger partial charge in [-0.15, -0.1) is 12.4 Å². The summed E-state index contributed by atoms with van der Waals surface area (Å²) in [4.78, 5) is 12.9. The number of anilines is 1. The number of hydrogen-bond acceptors (Lipinski definition) is 4. The van der Waals surface area contributed by atoms with Gasteiger partial charge in [-0.1, -0.05) is 11.9 Å². The lowest BCUT2D eigenvalue weighted by Crippen LogP contribution is -3.00. The van der Waals surface area contributed by atoms with Gasteiger partial charge >= 0.3 is 0 Å². The zero-order valence-electron chi connectivity index (χ0n) is 11.6. The molecule has 7 heteroatoms. The first-order valence-electron chi connectivity index (χ1n) is 6.12. The molecule has 0 fully saturated rings. The zero-order chi connectivity index (χ0) is 13.0. The van der Waals surface area contributed by atoms with Crippen LogP contribution < -0.4 is 22.7 Å². The molecule has 0 spiro atoms. The first-order valence-corrected chi connectivity index (χ1v) is 6.12. The van der Waals surface area contributed by atoms with Gasteiger partial charge in [-0.05, 0) is 6.42 Å². The van der Waals surface area contributed by atoms with E-state index in [-0.39, 0.29) is 24.8 Å². The first kappa shape index (κ1) is 18.5. The Morgan fingerprint density at radius 2 is 2.05 bits per heavy atom. The summed E-state index contributed by atoms with van der Waals surface area (Å²) >= 11 is 0. The summed E-state index contributed by atoms with van der Waals surface area (Å²) in [5, 5.41) is 0. The Balaban J connectivity index is 0.00000180. The van der Waals surface area contributed by atoms with Crippen molar-refractivity contribution in [2.45, 2.75) is 33.2 Å². The van der Waals surface area contributed by atoms with Crippen LogP contribution in [0.4, 0.5) is 5.82 Å². The molecular formula is C13H19Cl2N5. The fraction of sp³-hybridized carbons (Fsp3) is 0.385. The van der Waals surface area contributed by atoms with Crippen molar-refractivity contribution in [3.05, 3.63) is 41.9 Å². The topological polar surface area (TPSA) is 68.6 Å². The Bertz CT molecular complexity index is 548. The Kier molecular flexibility index (Phi) is 8.03. The van der Waals surface area contributed by atoms with Gasteiger partial charge in [-0.2, -0.15) is 0 Å². The molecule has 20 heavy (non-hydrogen) atoms. The highest BCUT2D eigenvalue weighted by Crippen LogP contribution is 2.08. The number of nitrogens with zero attached hydrogens (tertiary/aromatic N) is 4. The molecule has 0 unspecified atom stereocenters. The number of aryl methyl sites for hydroxylation is 2. The van der Waals surface area contributed by atoms with Gasteiger partial charge in [0.05, 0.1) is 11.8 Å². The molecule has 2 rings (SSSR count). The van der Waals surface area contributed by atoms with Crippen LogP contribution in [0, 0.1) is 6.92 Å². The molecule has 0 saturated carbocycles. The summed E-state index contributed by atoms with van der Waals surface area (Å²) in [5.41, 5.74) is 6.89. The molecule has 0 radical (unpaired) electrons. The predicted molar refractivity (Wildman–Crippen MR) is 76.0 cm³/mol. The maximum absolute atomic E-state index is 5.96. The highest BCUT2D eigenvalue weighted by Gasteiger charge is 2.10. The molecule has 0 aliphatic carbocycles. The van der Waals surface area contributed by atoms with E-state index in [2.05, 4.69) is 21.9 Å². The number of halogens is 2. The van der Waals surface area contributed by atoms with Gasteiger partial charge in [0.1, 0.15) is 24.4 Å². The standard InChI is InChI=1S/C13H18N5.2ClH/c1-3-5-12-16-8-11(13(14)17-12)9-18-7-4-6-15-10(18)2;;/h4,6-8H,3,5,9H2,1-2H3,(H2,14,16,17);2*1H/q+1;;/p-1. The molecule has 2 N–H and O–H groups in total. The average molecular weight is 316 g/mol. The lowest BCUT2D eigenvalue weighted by atomic mass is 10.2. The third-order valence-corrected chi connectivity index (χ3v) is 2.79. The molecule has 0 saturated heterocycles. The van der Waals surface area contributed by atoms with Gasteiger partial charge in [0.2, 0.25) is 0 Å². The maximum Gasteiger partial charge on any atom is 0.295 e. The van der Waals surface area contributed by atoms with E-state index in [0.29, 0.717) is 12.4 Å². The monoisotopic (exact) mass is 315 g/mol. The van der Waals surface area contributed by atoms with Gasteiger partial charge in [-0.25, -0.2) is 14.5 Å². The van der Waals surface area contributed by atoms with Crippen molar-refractivity contribution in [1.29, 1.82) is 0 Å². The molecule has 2 heterocycles. The second-order valence-corrected chi connectivity index (χ2v) is 4.24. The van der Waals surface area contributed by atoms with Gasteiger partial charge < -0.3 is 18.1 Å². The molecule has 0 bridgehead atoms. The van der Waals surface area contributed by atoms with Gasteiger partial charge in [-0.3, -0.25) is 0 Å². The van der Waals surface area contributed by atoms with Crippen molar-refractivity contribution in [1.82, 2.24) is 15.0 Å². The van der Waals surface area contributed by atoms with E-state index < -0.39 is 0 Å². The largest absolute Gasteiger partial charge is 1.00 e. The van der Waals surface area contributed by atoms with Crippen LogP contribution in [0.1, 0.15) is 30.6 Å². The predicted octanol–water partition coefficient (Wildman–Crippen LogP) is -1.52. The highest BCUT2D eigenvalue weighted by atomic mass is 35.5. The summed E-state index contributed by atoms with van der Waals surface area (Å²) in [6.07, 6.45) is 7.45. The SMILES string of the molecule is CCCc1ncc(C[n+]2cccnc2C)c(N)n1.Cl.[Cl-]. The van der Waals surface area contributed by atoms with E-state index in [4.69, 9.17) is 5.73 Å². The van der Waals surface area contributed by atoms with E-state index in [0.717, 1.165) is 30.1 Å². The second kappa shape index (κ2) is 8.66. The molecular weight excluding hydrogens is 297 g/mol. The van der Waals surface area contributed by atoms with Crippen LogP contribution in [0.3, 0.4) is 0 Å². The summed E-state index contributed by atoms with van der Waals surface area (Å²) in [6.45, 7) is 4.71. The first-order chi connectivity index (χ1) is 8.70. The van der Waals surface area contributed by atoms with E-state index >= 15 is 0 Å². The summed E-state index contributed by atoms with van der Waals surface area (Å²) < 4.78 is 2.02. The zero-order valence-corrected chi connectivity index (χ0v) is 13.2. The van der Waals surface area contributed by atoms with Crippen LogP contribution in [0.2, 0.25) is 0 Å². The summed E-state index contributed by atoms with van der Waals surface area (Å²) in [7, 11) is 0. The minimum atomic E-state index is 0. The number of rotatable bonds is 4. The molecule has 0 aromatic carbocycles. The highest BCUT2D eigenvalue weighted by molar-refractivity contribution is 5.85. The van der Waals surface area contributed by atoms with Crippen LogP contribution in [-0.4, -0.2) is 15.0 Å². The van der Waals surface area contributed by atoms with Crippen LogP contribution in [0.25, 0.3) is 0 Å². The lowest BCUT2D eigenvalue weighted by molar-refractivity contribution is -0.697. The third-order valence-electron chi connectivity index (χ3n) is 2.79. The molecule has 0 amide bonds. The van der Waals surface area contributed by atoms with Crippen molar-refractivity contribution in [2.75, 3.05) is 5.73 Å². The number of nitrogens with two attached hydrogens (primary N) is 1. The Hall–Kier alpha value is -1.46. The van der Waals surface area contributed by atoms with E-state index in [1.165, 1.54) is 0 Å². The van der Waals surface area contributed by atoms with E-state index in [9.17, 15) is 0 Å². The fourth-order valence-corrected chi connectivity index (χ4v) is 1.75. The van der Waals surface area contributed by atoms with Crippen LogP contribution in [0.5, 0.6) is 0 Å².